The molecular weight excluding hydrogens is 214 g/mol. The Balaban J connectivity index is 2.57. The standard InChI is InChI=1S/C13H17N3O/c1-2-3-12(15)13(17)16-11-6-4-10(5-7-11)8-9-14/h4-7,12H,2-3,8,15H2,1H3,(H,16,17)/t12-/m0/s1. The molecule has 0 aliphatic carbocycles. The Morgan fingerprint density at radius 1 is 1.47 bits per heavy atom. The Kier molecular flexibility index (Phi) is 5.18. The van der Waals surface area contributed by atoms with Crippen LogP contribution in [0.2, 0.25) is 0 Å². The number of hydrogen-bond donors (Lipinski definition) is 2. The second-order valence-corrected chi connectivity index (χ2v) is 3.92. The lowest BCUT2D eigenvalue weighted by molar-refractivity contribution is -0.117. The van der Waals surface area contributed by atoms with Gasteiger partial charge in [0.05, 0.1) is 18.5 Å². The Hall–Kier alpha value is -1.86. The molecule has 4 heteroatoms. The van der Waals surface area contributed by atoms with Gasteiger partial charge < -0.3 is 11.1 Å². The molecule has 1 rings (SSSR count). The number of rotatable bonds is 5. The molecule has 0 aliphatic rings. The minimum atomic E-state index is -0.459. The number of amides is 1. The maximum absolute atomic E-state index is 11.6. The molecule has 1 amide bonds. The van der Waals surface area contributed by atoms with Crippen LogP contribution in [0.1, 0.15) is 25.3 Å². The van der Waals surface area contributed by atoms with Gasteiger partial charge in [-0.05, 0) is 24.1 Å². The van der Waals surface area contributed by atoms with E-state index >= 15 is 0 Å². The van der Waals surface area contributed by atoms with Crippen LogP contribution in [-0.2, 0) is 11.2 Å². The van der Waals surface area contributed by atoms with Gasteiger partial charge in [-0.2, -0.15) is 5.26 Å². The highest BCUT2D eigenvalue weighted by atomic mass is 16.2. The first-order chi connectivity index (χ1) is 8.17. The Bertz CT molecular complexity index is 406. The predicted octanol–water partition coefficient (Wildman–Crippen LogP) is 1.82. The van der Waals surface area contributed by atoms with Crippen LogP contribution in [0.3, 0.4) is 0 Å². The Morgan fingerprint density at radius 2 is 2.12 bits per heavy atom. The van der Waals surface area contributed by atoms with E-state index in [1.54, 1.807) is 12.1 Å². The number of carbonyl (C=O) groups excluding carboxylic acids is 1. The number of carbonyl (C=O) groups is 1. The van der Waals surface area contributed by atoms with Crippen molar-refractivity contribution in [1.29, 1.82) is 5.26 Å². The quantitative estimate of drug-likeness (QED) is 0.811. The summed E-state index contributed by atoms with van der Waals surface area (Å²) in [6.07, 6.45) is 1.94. The summed E-state index contributed by atoms with van der Waals surface area (Å²) in [6, 6.07) is 8.82. The van der Waals surface area contributed by atoms with Crippen molar-refractivity contribution in [2.75, 3.05) is 5.32 Å². The highest BCUT2D eigenvalue weighted by molar-refractivity contribution is 5.94. The molecule has 0 bridgehead atoms. The molecule has 4 nitrogen and oxygen atoms in total. The molecule has 0 aromatic heterocycles. The summed E-state index contributed by atoms with van der Waals surface area (Å²) in [6.45, 7) is 1.99. The normalized spacial score (nSPS) is 11.6. The SMILES string of the molecule is CCC[C@H](N)C(=O)Nc1ccc(CC#N)cc1. The van der Waals surface area contributed by atoms with E-state index in [9.17, 15) is 4.79 Å². The summed E-state index contributed by atoms with van der Waals surface area (Å²) in [5.41, 5.74) is 7.34. The molecule has 17 heavy (non-hydrogen) atoms. The van der Waals surface area contributed by atoms with E-state index in [0.717, 1.165) is 12.0 Å². The molecule has 1 atom stereocenters. The fraction of sp³-hybridized carbons (Fsp3) is 0.385. The van der Waals surface area contributed by atoms with Crippen LogP contribution in [0.4, 0.5) is 5.69 Å². The smallest absolute Gasteiger partial charge is 0.241 e. The maximum Gasteiger partial charge on any atom is 0.241 e. The van der Waals surface area contributed by atoms with E-state index in [4.69, 9.17) is 11.0 Å². The molecule has 0 heterocycles. The number of nitrogens with one attached hydrogen (secondary N) is 1. The lowest BCUT2D eigenvalue weighted by Crippen LogP contribution is -2.35. The van der Waals surface area contributed by atoms with Crippen LogP contribution < -0.4 is 11.1 Å². The van der Waals surface area contributed by atoms with Crippen LogP contribution >= 0.6 is 0 Å². The van der Waals surface area contributed by atoms with Crippen molar-refractivity contribution in [3.63, 3.8) is 0 Å². The molecule has 90 valence electrons. The second kappa shape index (κ2) is 6.66. The minimum Gasteiger partial charge on any atom is -0.325 e. The van der Waals surface area contributed by atoms with E-state index in [-0.39, 0.29) is 5.91 Å². The van der Waals surface area contributed by atoms with Crippen molar-refractivity contribution in [2.24, 2.45) is 5.73 Å². The molecule has 0 spiro atoms. The first-order valence-corrected chi connectivity index (χ1v) is 5.69. The molecule has 0 radical (unpaired) electrons. The van der Waals surface area contributed by atoms with Crippen LogP contribution in [0.5, 0.6) is 0 Å². The highest BCUT2D eigenvalue weighted by Gasteiger charge is 2.11. The van der Waals surface area contributed by atoms with E-state index in [0.29, 0.717) is 18.5 Å². The summed E-state index contributed by atoms with van der Waals surface area (Å²) in [7, 11) is 0. The number of nitrogens with two attached hydrogens (primary N) is 1. The van der Waals surface area contributed by atoms with Crippen molar-refractivity contribution < 1.29 is 4.79 Å². The molecule has 1 aromatic rings. The average Bonchev–Trinajstić information content (AvgIpc) is 2.32. The second-order valence-electron chi connectivity index (χ2n) is 3.92. The third-order valence-corrected chi connectivity index (χ3v) is 2.44. The number of nitriles is 1. The Labute approximate surface area is 101 Å². The number of nitrogens with zero attached hydrogens (tertiary/aromatic N) is 1. The topological polar surface area (TPSA) is 78.9 Å². The first-order valence-electron chi connectivity index (χ1n) is 5.69. The lowest BCUT2D eigenvalue weighted by atomic mass is 10.1. The zero-order valence-electron chi connectivity index (χ0n) is 9.94. The Morgan fingerprint density at radius 3 is 2.65 bits per heavy atom. The van der Waals surface area contributed by atoms with E-state index in [1.165, 1.54) is 0 Å². The minimum absolute atomic E-state index is 0.167. The zero-order valence-corrected chi connectivity index (χ0v) is 9.94. The van der Waals surface area contributed by atoms with Gasteiger partial charge >= 0.3 is 0 Å². The van der Waals surface area contributed by atoms with Crippen molar-refractivity contribution in [3.05, 3.63) is 29.8 Å². The molecule has 0 saturated heterocycles. The summed E-state index contributed by atoms with van der Waals surface area (Å²) < 4.78 is 0. The van der Waals surface area contributed by atoms with Crippen molar-refractivity contribution >= 4 is 11.6 Å². The van der Waals surface area contributed by atoms with Crippen LogP contribution in [-0.4, -0.2) is 11.9 Å². The highest BCUT2D eigenvalue weighted by Crippen LogP contribution is 2.10. The average molecular weight is 231 g/mol. The molecule has 0 aliphatic heterocycles. The fourth-order valence-electron chi connectivity index (χ4n) is 1.47. The molecular formula is C13H17N3O. The van der Waals surface area contributed by atoms with Gasteiger partial charge in [-0.25, -0.2) is 0 Å². The molecule has 0 fully saturated rings. The van der Waals surface area contributed by atoms with Gasteiger partial charge in [-0.1, -0.05) is 25.5 Å². The van der Waals surface area contributed by atoms with E-state index in [1.807, 2.05) is 19.1 Å². The molecule has 1 aromatic carbocycles. The van der Waals surface area contributed by atoms with Crippen molar-refractivity contribution in [1.82, 2.24) is 0 Å². The third-order valence-electron chi connectivity index (χ3n) is 2.44. The molecule has 3 N–H and O–H groups in total. The van der Waals surface area contributed by atoms with E-state index < -0.39 is 6.04 Å². The van der Waals surface area contributed by atoms with Crippen LogP contribution in [0.25, 0.3) is 0 Å². The van der Waals surface area contributed by atoms with Crippen molar-refractivity contribution in [2.45, 2.75) is 32.2 Å². The zero-order chi connectivity index (χ0) is 12.7. The largest absolute Gasteiger partial charge is 0.325 e. The van der Waals surface area contributed by atoms with Gasteiger partial charge in [0, 0.05) is 5.69 Å². The maximum atomic E-state index is 11.6. The summed E-state index contributed by atoms with van der Waals surface area (Å²) >= 11 is 0. The number of anilines is 1. The summed E-state index contributed by atoms with van der Waals surface area (Å²) in [5, 5.41) is 11.3. The van der Waals surface area contributed by atoms with Gasteiger partial charge in [-0.3, -0.25) is 4.79 Å². The molecule has 0 saturated carbocycles. The van der Waals surface area contributed by atoms with Crippen molar-refractivity contribution in [3.8, 4) is 6.07 Å². The van der Waals surface area contributed by atoms with Gasteiger partial charge in [0.1, 0.15) is 0 Å². The van der Waals surface area contributed by atoms with Crippen LogP contribution in [0.15, 0.2) is 24.3 Å². The van der Waals surface area contributed by atoms with Gasteiger partial charge in [0.25, 0.3) is 0 Å². The number of benzene rings is 1. The lowest BCUT2D eigenvalue weighted by Gasteiger charge is -2.11. The predicted molar refractivity (Wildman–Crippen MR) is 67.3 cm³/mol. The fourth-order valence-corrected chi connectivity index (χ4v) is 1.47. The van der Waals surface area contributed by atoms with E-state index in [2.05, 4.69) is 11.4 Å². The monoisotopic (exact) mass is 231 g/mol. The third kappa shape index (κ3) is 4.25. The summed E-state index contributed by atoms with van der Waals surface area (Å²) in [5.74, 6) is -0.167. The van der Waals surface area contributed by atoms with Crippen LogP contribution in [0, 0.1) is 11.3 Å². The van der Waals surface area contributed by atoms with Gasteiger partial charge in [0.2, 0.25) is 5.91 Å². The number of hydrogen-bond acceptors (Lipinski definition) is 3. The first kappa shape index (κ1) is 13.2. The summed E-state index contributed by atoms with van der Waals surface area (Å²) in [4.78, 5) is 11.6. The van der Waals surface area contributed by atoms with Gasteiger partial charge in [0.15, 0.2) is 0 Å². The molecule has 0 unspecified atom stereocenters. The van der Waals surface area contributed by atoms with Gasteiger partial charge in [-0.15, -0.1) is 0 Å².